The Morgan fingerprint density at radius 3 is 2.60 bits per heavy atom. The van der Waals surface area contributed by atoms with Crippen molar-refractivity contribution in [3.05, 3.63) is 54.6 Å². The van der Waals surface area contributed by atoms with Crippen LogP contribution in [0, 0.1) is 5.92 Å². The van der Waals surface area contributed by atoms with E-state index in [0.717, 1.165) is 49.8 Å². The summed E-state index contributed by atoms with van der Waals surface area (Å²) in [5.74, 6) is 0.500. The maximum absolute atomic E-state index is 12.8. The smallest absolute Gasteiger partial charge is 0.319 e. The molecule has 6 nitrogen and oxygen atoms in total. The summed E-state index contributed by atoms with van der Waals surface area (Å²) < 4.78 is 5.62. The van der Waals surface area contributed by atoms with Crippen LogP contribution in [0.15, 0.2) is 54.6 Å². The van der Waals surface area contributed by atoms with Gasteiger partial charge >= 0.3 is 6.03 Å². The van der Waals surface area contributed by atoms with Crippen LogP contribution in [0.5, 0.6) is 0 Å². The summed E-state index contributed by atoms with van der Waals surface area (Å²) in [6, 6.07) is 18.2. The lowest BCUT2D eigenvalue weighted by molar-refractivity contribution is 0.135. The highest BCUT2D eigenvalue weighted by atomic mass is 16.5. The van der Waals surface area contributed by atoms with Gasteiger partial charge in [-0.1, -0.05) is 30.3 Å². The highest BCUT2D eigenvalue weighted by Gasteiger charge is 2.32. The van der Waals surface area contributed by atoms with Crippen LogP contribution < -0.4 is 15.5 Å². The molecule has 160 valence electrons. The van der Waals surface area contributed by atoms with Gasteiger partial charge in [0.15, 0.2) is 0 Å². The third kappa shape index (κ3) is 4.94. The number of anilines is 3. The summed E-state index contributed by atoms with van der Waals surface area (Å²) in [4.78, 5) is 17.4. The molecule has 2 saturated heterocycles. The number of nitrogens with one attached hydrogen (secondary N) is 2. The second-order valence-corrected chi connectivity index (χ2v) is 8.18. The van der Waals surface area contributed by atoms with Crippen LogP contribution in [0.25, 0.3) is 0 Å². The molecule has 4 rings (SSSR count). The molecule has 2 amide bonds. The Morgan fingerprint density at radius 1 is 1.13 bits per heavy atom. The van der Waals surface area contributed by atoms with Crippen molar-refractivity contribution in [3.8, 4) is 0 Å². The van der Waals surface area contributed by atoms with Crippen LogP contribution in [-0.4, -0.2) is 56.9 Å². The Balaban J connectivity index is 1.40. The van der Waals surface area contributed by atoms with Crippen molar-refractivity contribution in [1.82, 2.24) is 10.2 Å². The predicted molar refractivity (Wildman–Crippen MR) is 121 cm³/mol. The standard InChI is InChI=1S/C24H32N4O2/c1-27(20-9-3-2-4-10-20)22-12-6-5-11-21(22)26-24(29)25-17-23(19-13-16-30-18-19)28-14-7-8-15-28/h2-6,9-12,19,23H,7-8,13-18H2,1H3,(H2,25,26,29)/t19-,23-/m0/s1. The Kier molecular flexibility index (Phi) is 6.87. The monoisotopic (exact) mass is 408 g/mol. The molecule has 6 heteroatoms. The van der Waals surface area contributed by atoms with E-state index in [1.54, 1.807) is 0 Å². The van der Waals surface area contributed by atoms with Gasteiger partial charge < -0.3 is 20.3 Å². The minimum atomic E-state index is -0.160. The highest BCUT2D eigenvalue weighted by molar-refractivity contribution is 5.94. The van der Waals surface area contributed by atoms with E-state index in [9.17, 15) is 4.79 Å². The largest absolute Gasteiger partial charge is 0.381 e. The van der Waals surface area contributed by atoms with Crippen LogP contribution in [0.3, 0.4) is 0 Å². The average Bonchev–Trinajstić information content (AvgIpc) is 3.50. The number of likely N-dealkylation sites (tertiary alicyclic amines) is 1. The minimum Gasteiger partial charge on any atom is -0.381 e. The van der Waals surface area contributed by atoms with Gasteiger partial charge in [-0.2, -0.15) is 0 Å². The lowest BCUT2D eigenvalue weighted by atomic mass is 9.97. The number of para-hydroxylation sites is 3. The number of nitrogens with zero attached hydrogens (tertiary/aromatic N) is 2. The molecule has 0 aliphatic carbocycles. The van der Waals surface area contributed by atoms with E-state index in [1.165, 1.54) is 12.8 Å². The van der Waals surface area contributed by atoms with Gasteiger partial charge in [0.2, 0.25) is 0 Å². The molecule has 0 radical (unpaired) electrons. The normalized spacial score (nSPS) is 20.1. The maximum Gasteiger partial charge on any atom is 0.319 e. The summed E-state index contributed by atoms with van der Waals surface area (Å²) in [7, 11) is 2.01. The molecule has 2 aliphatic rings. The van der Waals surface area contributed by atoms with Crippen molar-refractivity contribution in [2.24, 2.45) is 5.92 Å². The van der Waals surface area contributed by atoms with Crippen LogP contribution >= 0.6 is 0 Å². The fourth-order valence-electron chi connectivity index (χ4n) is 4.55. The van der Waals surface area contributed by atoms with Crippen molar-refractivity contribution in [2.75, 3.05) is 50.1 Å². The highest BCUT2D eigenvalue weighted by Crippen LogP contribution is 2.30. The lowest BCUT2D eigenvalue weighted by Crippen LogP contribution is -2.48. The van der Waals surface area contributed by atoms with Crippen molar-refractivity contribution in [3.63, 3.8) is 0 Å². The summed E-state index contributed by atoms with van der Waals surface area (Å²) in [6.45, 7) is 4.52. The van der Waals surface area contributed by atoms with Crippen LogP contribution in [-0.2, 0) is 4.74 Å². The molecule has 30 heavy (non-hydrogen) atoms. The first kappa shape index (κ1) is 20.7. The van der Waals surface area contributed by atoms with Crippen molar-refractivity contribution < 1.29 is 9.53 Å². The number of carbonyl (C=O) groups is 1. The Bertz CT molecular complexity index is 801. The van der Waals surface area contributed by atoms with E-state index in [0.29, 0.717) is 18.5 Å². The molecule has 2 N–H and O–H groups in total. The van der Waals surface area contributed by atoms with Crippen LogP contribution in [0.1, 0.15) is 19.3 Å². The van der Waals surface area contributed by atoms with E-state index in [4.69, 9.17) is 4.74 Å². The second-order valence-electron chi connectivity index (χ2n) is 8.18. The first-order valence-electron chi connectivity index (χ1n) is 11.0. The molecule has 0 saturated carbocycles. The Morgan fingerprint density at radius 2 is 1.87 bits per heavy atom. The zero-order valence-electron chi connectivity index (χ0n) is 17.7. The van der Waals surface area contributed by atoms with Crippen LogP contribution in [0.2, 0.25) is 0 Å². The van der Waals surface area contributed by atoms with E-state index in [2.05, 4.69) is 32.6 Å². The van der Waals surface area contributed by atoms with Gasteiger partial charge in [0.25, 0.3) is 0 Å². The predicted octanol–water partition coefficient (Wildman–Crippen LogP) is 4.08. The summed E-state index contributed by atoms with van der Waals surface area (Å²) in [5, 5.41) is 6.18. The first-order valence-corrected chi connectivity index (χ1v) is 11.0. The molecule has 0 bridgehead atoms. The van der Waals surface area contributed by atoms with Gasteiger partial charge in [-0.15, -0.1) is 0 Å². The van der Waals surface area contributed by atoms with Gasteiger partial charge in [-0.05, 0) is 56.6 Å². The SMILES string of the molecule is CN(c1ccccc1)c1ccccc1NC(=O)NC[C@@H]([C@H]1CCOC1)N1CCCC1. The third-order valence-corrected chi connectivity index (χ3v) is 6.25. The van der Waals surface area contributed by atoms with Gasteiger partial charge in [0.1, 0.15) is 0 Å². The first-order chi connectivity index (χ1) is 14.7. The van der Waals surface area contributed by atoms with Gasteiger partial charge in [-0.3, -0.25) is 4.90 Å². The van der Waals surface area contributed by atoms with Crippen molar-refractivity contribution >= 4 is 23.1 Å². The Hall–Kier alpha value is -2.57. The van der Waals surface area contributed by atoms with Gasteiger partial charge in [0.05, 0.1) is 18.0 Å². The third-order valence-electron chi connectivity index (χ3n) is 6.25. The quantitative estimate of drug-likeness (QED) is 0.725. The summed E-state index contributed by atoms with van der Waals surface area (Å²) in [5.41, 5.74) is 2.82. The number of amides is 2. The molecular weight excluding hydrogens is 376 g/mol. The maximum atomic E-state index is 12.8. The van der Waals surface area contributed by atoms with Crippen molar-refractivity contribution in [2.45, 2.75) is 25.3 Å². The molecule has 0 aromatic heterocycles. The van der Waals surface area contributed by atoms with E-state index in [-0.39, 0.29) is 6.03 Å². The van der Waals surface area contributed by atoms with E-state index < -0.39 is 0 Å². The number of ether oxygens (including phenoxy) is 1. The molecule has 2 atom stereocenters. The number of rotatable bonds is 7. The molecule has 2 heterocycles. The second kappa shape index (κ2) is 9.96. The molecule has 2 aliphatic heterocycles. The number of carbonyl (C=O) groups excluding carboxylic acids is 1. The molecular formula is C24H32N4O2. The number of benzene rings is 2. The molecule has 2 aromatic carbocycles. The van der Waals surface area contributed by atoms with Gasteiger partial charge in [-0.25, -0.2) is 4.79 Å². The zero-order valence-corrected chi connectivity index (χ0v) is 17.7. The molecule has 0 unspecified atom stereocenters. The van der Waals surface area contributed by atoms with Gasteiger partial charge in [0, 0.05) is 37.8 Å². The van der Waals surface area contributed by atoms with Crippen molar-refractivity contribution in [1.29, 1.82) is 0 Å². The van der Waals surface area contributed by atoms with Crippen LogP contribution in [0.4, 0.5) is 21.9 Å². The fourth-order valence-corrected chi connectivity index (χ4v) is 4.55. The van der Waals surface area contributed by atoms with E-state index in [1.807, 2.05) is 49.5 Å². The molecule has 2 aromatic rings. The minimum absolute atomic E-state index is 0.160. The lowest BCUT2D eigenvalue weighted by Gasteiger charge is -2.32. The van der Waals surface area contributed by atoms with E-state index >= 15 is 0 Å². The number of hydrogen-bond donors (Lipinski definition) is 2. The fraction of sp³-hybridized carbons (Fsp3) is 0.458. The molecule has 0 spiro atoms. The number of urea groups is 1. The zero-order chi connectivity index (χ0) is 20.8. The Labute approximate surface area is 179 Å². The summed E-state index contributed by atoms with van der Waals surface area (Å²) in [6.07, 6.45) is 3.57. The topological polar surface area (TPSA) is 56.8 Å². The number of hydrogen-bond acceptors (Lipinski definition) is 4. The summed E-state index contributed by atoms with van der Waals surface area (Å²) >= 11 is 0. The molecule has 2 fully saturated rings. The average molecular weight is 409 g/mol.